The summed E-state index contributed by atoms with van der Waals surface area (Å²) in [6.07, 6.45) is 2.47. The van der Waals surface area contributed by atoms with Crippen LogP contribution in [-0.4, -0.2) is 10.7 Å². The molecular formula is C23H31OP. The largest absolute Gasteiger partial charge is 0.386 e. The van der Waals surface area contributed by atoms with Crippen LogP contribution in [0.25, 0.3) is 5.57 Å². The lowest BCUT2D eigenvalue weighted by molar-refractivity contribution is 0.121. The molecule has 0 radical (unpaired) electrons. The Morgan fingerprint density at radius 2 is 1.52 bits per heavy atom. The molecule has 2 heteroatoms. The minimum absolute atomic E-state index is 0.621. The van der Waals surface area contributed by atoms with Crippen molar-refractivity contribution >= 4 is 20.1 Å². The van der Waals surface area contributed by atoms with E-state index in [1.807, 2.05) is 13.8 Å². The predicted molar refractivity (Wildman–Crippen MR) is 114 cm³/mol. The number of aliphatic hydroxyl groups is 1. The molecule has 0 heterocycles. The van der Waals surface area contributed by atoms with Crippen molar-refractivity contribution in [2.24, 2.45) is 5.92 Å². The van der Waals surface area contributed by atoms with Crippen LogP contribution in [0.2, 0.25) is 0 Å². The van der Waals surface area contributed by atoms with Crippen LogP contribution in [0.3, 0.4) is 0 Å². The minimum Gasteiger partial charge on any atom is -0.386 e. The minimum atomic E-state index is -0.942. The Balaban J connectivity index is 2.53. The maximum atomic E-state index is 10.9. The van der Waals surface area contributed by atoms with Crippen molar-refractivity contribution in [3.05, 3.63) is 70.9 Å². The molecule has 1 fully saturated rings. The van der Waals surface area contributed by atoms with E-state index in [9.17, 15) is 5.11 Å². The van der Waals surface area contributed by atoms with Gasteiger partial charge in [0.25, 0.3) is 0 Å². The maximum absolute atomic E-state index is 10.9. The molecule has 1 unspecified atom stereocenters. The molecule has 2 rings (SSSR count). The first-order valence-corrected chi connectivity index (χ1v) is 9.47. The van der Waals surface area contributed by atoms with E-state index in [1.165, 1.54) is 24.0 Å². The van der Waals surface area contributed by atoms with E-state index in [1.54, 1.807) is 0 Å². The number of rotatable bonds is 6. The second-order valence-electron chi connectivity index (χ2n) is 7.71. The first-order chi connectivity index (χ1) is 11.5. The van der Waals surface area contributed by atoms with Crippen LogP contribution in [0.4, 0.5) is 0 Å². The number of hydrogen-bond donors (Lipinski definition) is 1. The third-order valence-corrected chi connectivity index (χ3v) is 5.57. The molecule has 1 nitrogen and oxygen atoms in total. The molecule has 1 saturated carbocycles. The fourth-order valence-electron chi connectivity index (χ4n) is 3.42. The summed E-state index contributed by atoms with van der Waals surface area (Å²) in [5.41, 5.74) is 6.60. The maximum Gasteiger partial charge on any atom is 0.0845 e. The van der Waals surface area contributed by atoms with E-state index in [2.05, 4.69) is 67.4 Å². The Morgan fingerprint density at radius 3 is 1.96 bits per heavy atom. The Bertz CT molecular complexity index is 750. The summed E-state index contributed by atoms with van der Waals surface area (Å²) >= 11 is 0. The topological polar surface area (TPSA) is 20.2 Å². The molecule has 134 valence electrons. The molecule has 0 aromatic heterocycles. The van der Waals surface area contributed by atoms with Crippen molar-refractivity contribution in [3.63, 3.8) is 0 Å². The number of hydrogen-bond acceptors (Lipinski definition) is 1. The summed E-state index contributed by atoms with van der Waals surface area (Å²) in [5, 5.41) is 12.0. The van der Waals surface area contributed by atoms with Crippen molar-refractivity contribution in [2.45, 2.75) is 53.1 Å². The molecule has 25 heavy (non-hydrogen) atoms. The van der Waals surface area contributed by atoms with Gasteiger partial charge >= 0.3 is 0 Å². The van der Waals surface area contributed by atoms with Crippen LogP contribution < -0.4 is 5.30 Å². The van der Waals surface area contributed by atoms with Gasteiger partial charge in [0, 0.05) is 0 Å². The zero-order chi connectivity index (χ0) is 18.9. The van der Waals surface area contributed by atoms with Crippen molar-refractivity contribution in [3.8, 4) is 0 Å². The van der Waals surface area contributed by atoms with Crippen LogP contribution >= 0.6 is 9.24 Å². The third-order valence-electron chi connectivity index (χ3n) is 5.19. The van der Waals surface area contributed by atoms with Crippen molar-refractivity contribution in [1.29, 1.82) is 0 Å². The highest BCUT2D eigenvalue weighted by Crippen LogP contribution is 2.42. The summed E-state index contributed by atoms with van der Waals surface area (Å²) in [6.45, 7) is 18.6. The molecule has 0 spiro atoms. The van der Waals surface area contributed by atoms with Gasteiger partial charge in [-0.05, 0) is 97.7 Å². The van der Waals surface area contributed by atoms with E-state index in [0.717, 1.165) is 33.2 Å². The second-order valence-corrected chi connectivity index (χ2v) is 8.38. The highest BCUT2D eigenvalue weighted by atomic mass is 31.0. The van der Waals surface area contributed by atoms with Gasteiger partial charge in [0.05, 0.1) is 5.60 Å². The van der Waals surface area contributed by atoms with E-state index >= 15 is 0 Å². The van der Waals surface area contributed by atoms with Crippen molar-refractivity contribution in [1.82, 2.24) is 0 Å². The average molecular weight is 354 g/mol. The Hall–Kier alpha value is -1.43. The molecule has 0 aliphatic heterocycles. The van der Waals surface area contributed by atoms with Gasteiger partial charge < -0.3 is 5.11 Å². The molecule has 1 aliphatic rings. The zero-order valence-corrected chi connectivity index (χ0v) is 17.4. The third kappa shape index (κ3) is 4.60. The van der Waals surface area contributed by atoms with E-state index in [4.69, 9.17) is 0 Å². The molecule has 1 aromatic rings. The Morgan fingerprint density at radius 1 is 1.00 bits per heavy atom. The average Bonchev–Trinajstić information content (AvgIpc) is 3.37. The summed E-state index contributed by atoms with van der Waals surface area (Å²) in [6, 6.07) is 8.27. The normalized spacial score (nSPS) is 16.9. The summed E-state index contributed by atoms with van der Waals surface area (Å²) in [7, 11) is 2.70. The lowest BCUT2D eigenvalue weighted by Crippen LogP contribution is -2.25. The quantitative estimate of drug-likeness (QED) is 0.521. The fourth-order valence-corrected chi connectivity index (χ4v) is 3.61. The summed E-state index contributed by atoms with van der Waals surface area (Å²) < 4.78 is 0. The standard InChI is InChI=1S/C23H31OP/c1-14(15(2)19-8-9-19)17(4)22(23(6,7)24)18(5)16(3)20-10-12-21(25)13-11-20/h10-13,19,24H,2-3,8-9,25H2,1,4-7H3/b17-14+,22-18+. The van der Waals surface area contributed by atoms with Gasteiger partial charge in [-0.2, -0.15) is 0 Å². The fraction of sp³-hybridized carbons (Fsp3) is 0.391. The zero-order valence-electron chi connectivity index (χ0n) is 16.2. The van der Waals surface area contributed by atoms with Crippen LogP contribution in [0.15, 0.2) is 65.3 Å². The molecule has 1 atom stereocenters. The molecule has 0 bridgehead atoms. The smallest absolute Gasteiger partial charge is 0.0845 e. The SMILES string of the molecule is C=C(/C(C)=C(\C(C)=C(/C)C(=C)C1CC1)C(C)(C)O)c1ccc(P)cc1. The van der Waals surface area contributed by atoms with E-state index in [0.29, 0.717) is 5.92 Å². The molecular weight excluding hydrogens is 323 g/mol. The van der Waals surface area contributed by atoms with Gasteiger partial charge in [-0.25, -0.2) is 0 Å². The number of benzene rings is 1. The van der Waals surface area contributed by atoms with Crippen LogP contribution in [-0.2, 0) is 0 Å². The van der Waals surface area contributed by atoms with Gasteiger partial charge in [0.2, 0.25) is 0 Å². The van der Waals surface area contributed by atoms with E-state index in [-0.39, 0.29) is 0 Å². The van der Waals surface area contributed by atoms with Gasteiger partial charge in [0.1, 0.15) is 0 Å². The molecule has 0 amide bonds. The van der Waals surface area contributed by atoms with Gasteiger partial charge in [-0.1, -0.05) is 37.4 Å². The lowest BCUT2D eigenvalue weighted by atomic mass is 9.81. The summed E-state index contributed by atoms with van der Waals surface area (Å²) in [5.74, 6) is 0.621. The molecule has 1 N–H and O–H groups in total. The van der Waals surface area contributed by atoms with Gasteiger partial charge in [-0.3, -0.25) is 0 Å². The van der Waals surface area contributed by atoms with Crippen LogP contribution in [0.5, 0.6) is 0 Å². The summed E-state index contributed by atoms with van der Waals surface area (Å²) in [4.78, 5) is 0. The first kappa shape index (κ1) is 19.9. The lowest BCUT2D eigenvalue weighted by Gasteiger charge is -2.28. The molecule has 1 aromatic carbocycles. The monoisotopic (exact) mass is 354 g/mol. The predicted octanol–water partition coefficient (Wildman–Crippen LogP) is 5.59. The van der Waals surface area contributed by atoms with Crippen LogP contribution in [0.1, 0.15) is 53.0 Å². The Labute approximate surface area is 155 Å². The molecule has 0 saturated heterocycles. The van der Waals surface area contributed by atoms with Gasteiger partial charge in [0.15, 0.2) is 0 Å². The van der Waals surface area contributed by atoms with E-state index < -0.39 is 5.60 Å². The highest BCUT2D eigenvalue weighted by molar-refractivity contribution is 7.27. The number of allylic oxidation sites excluding steroid dienone is 4. The first-order valence-electron chi connectivity index (χ1n) is 8.90. The molecule has 1 aliphatic carbocycles. The van der Waals surface area contributed by atoms with Crippen molar-refractivity contribution in [2.75, 3.05) is 0 Å². The second kappa shape index (κ2) is 7.44. The Kier molecular flexibility index (Phi) is 5.92. The van der Waals surface area contributed by atoms with Crippen LogP contribution in [0, 0.1) is 5.92 Å². The van der Waals surface area contributed by atoms with Gasteiger partial charge in [-0.15, -0.1) is 9.24 Å². The highest BCUT2D eigenvalue weighted by Gasteiger charge is 2.29. The van der Waals surface area contributed by atoms with Crippen molar-refractivity contribution < 1.29 is 5.11 Å².